The first-order valence-corrected chi connectivity index (χ1v) is 14.9. The fourth-order valence-corrected chi connectivity index (χ4v) is 5.38. The number of amidine groups is 1. The summed E-state index contributed by atoms with van der Waals surface area (Å²) in [6, 6.07) is 14.0. The molecule has 216 valence electrons. The first-order chi connectivity index (χ1) is 19.3. The molecule has 2 heterocycles. The predicted molar refractivity (Wildman–Crippen MR) is 153 cm³/mol. The molecule has 0 bridgehead atoms. The lowest BCUT2D eigenvalue weighted by atomic mass is 9.88. The van der Waals surface area contributed by atoms with E-state index in [9.17, 15) is 18.0 Å². The van der Waals surface area contributed by atoms with Crippen molar-refractivity contribution in [3.05, 3.63) is 71.3 Å². The first kappa shape index (κ1) is 30.3. The van der Waals surface area contributed by atoms with Crippen LogP contribution < -0.4 is 0 Å². The lowest BCUT2D eigenvalue weighted by Gasteiger charge is -2.29. The molecule has 0 aliphatic carbocycles. The molecule has 6 nitrogen and oxygen atoms in total. The summed E-state index contributed by atoms with van der Waals surface area (Å²) >= 11 is 1.32. The van der Waals surface area contributed by atoms with Crippen molar-refractivity contribution in [2.24, 2.45) is 15.9 Å². The quantitative estimate of drug-likeness (QED) is 0.235. The van der Waals surface area contributed by atoms with Gasteiger partial charge in [0.15, 0.2) is 5.17 Å². The minimum Gasteiger partial charge on any atom is -0.465 e. The maximum absolute atomic E-state index is 13.5. The summed E-state index contributed by atoms with van der Waals surface area (Å²) in [6.45, 7) is 3.74. The van der Waals surface area contributed by atoms with E-state index in [0.717, 1.165) is 43.8 Å². The number of nitrogens with zero attached hydrogens (tertiary/aromatic N) is 3. The van der Waals surface area contributed by atoms with Crippen molar-refractivity contribution in [1.29, 1.82) is 0 Å². The van der Waals surface area contributed by atoms with Gasteiger partial charge >= 0.3 is 12.1 Å². The van der Waals surface area contributed by atoms with Crippen molar-refractivity contribution in [3.63, 3.8) is 0 Å². The van der Waals surface area contributed by atoms with E-state index in [1.165, 1.54) is 43.2 Å². The van der Waals surface area contributed by atoms with Gasteiger partial charge in [0.1, 0.15) is 5.92 Å². The Morgan fingerprint density at radius 3 is 2.42 bits per heavy atom. The molecule has 2 aliphatic rings. The van der Waals surface area contributed by atoms with Crippen LogP contribution >= 0.6 is 11.8 Å². The number of alkyl halides is 3. The Balaban J connectivity index is 1.47. The van der Waals surface area contributed by atoms with Gasteiger partial charge in [0.05, 0.1) is 37.1 Å². The lowest BCUT2D eigenvalue weighted by Crippen LogP contribution is -2.38. The van der Waals surface area contributed by atoms with Crippen LogP contribution in [0.4, 0.5) is 13.2 Å². The lowest BCUT2D eigenvalue weighted by molar-refractivity contribution is -0.147. The standard InChI is InChI=1S/C30H36F3N3O3S/c1-40-29-34-25(21-38-20-18-36-16-6-3-7-17-36)26(28(37)39-19-8-11-22-9-4-2-5-10-22)27(35-29)23-12-14-24(15-13-23)30(31,32)33/h2,4-5,9-10,12-15,26-27H,3,6-8,11,16-21H2,1H3. The van der Waals surface area contributed by atoms with Crippen molar-refractivity contribution < 1.29 is 27.4 Å². The number of aryl methyl sites for hydroxylation is 1. The van der Waals surface area contributed by atoms with Crippen molar-refractivity contribution in [2.45, 2.75) is 44.3 Å². The summed E-state index contributed by atoms with van der Waals surface area (Å²) in [5.74, 6) is -1.39. The molecule has 2 aromatic carbocycles. The Hall–Kier alpha value is -2.69. The van der Waals surface area contributed by atoms with Crippen LogP contribution in [-0.2, 0) is 26.9 Å². The molecule has 10 heteroatoms. The van der Waals surface area contributed by atoms with Gasteiger partial charge in [0, 0.05) is 6.54 Å². The number of carbonyl (C=O) groups excluding carboxylic acids is 1. The number of carbonyl (C=O) groups is 1. The van der Waals surface area contributed by atoms with E-state index in [4.69, 9.17) is 9.47 Å². The highest BCUT2D eigenvalue weighted by Crippen LogP contribution is 2.36. The van der Waals surface area contributed by atoms with E-state index in [1.807, 2.05) is 36.6 Å². The van der Waals surface area contributed by atoms with Gasteiger partial charge in [-0.25, -0.2) is 4.99 Å². The van der Waals surface area contributed by atoms with Crippen molar-refractivity contribution >= 4 is 28.6 Å². The van der Waals surface area contributed by atoms with E-state index in [1.54, 1.807) is 0 Å². The van der Waals surface area contributed by atoms with Crippen LogP contribution in [-0.4, -0.2) is 67.5 Å². The Bertz CT molecular complexity index is 1150. The molecule has 0 aromatic heterocycles. The third-order valence-corrected chi connectivity index (χ3v) is 7.69. The molecular weight excluding hydrogens is 539 g/mol. The van der Waals surface area contributed by atoms with Crippen LogP contribution in [0.3, 0.4) is 0 Å². The fourth-order valence-electron chi connectivity index (χ4n) is 4.96. The van der Waals surface area contributed by atoms with Gasteiger partial charge in [-0.1, -0.05) is 60.6 Å². The molecule has 0 spiro atoms. The van der Waals surface area contributed by atoms with E-state index in [2.05, 4.69) is 14.9 Å². The number of rotatable bonds is 11. The molecule has 4 rings (SSSR count). The van der Waals surface area contributed by atoms with E-state index in [0.29, 0.717) is 29.5 Å². The van der Waals surface area contributed by atoms with Gasteiger partial charge in [-0.3, -0.25) is 9.79 Å². The number of ether oxygens (including phenoxy) is 2. The highest BCUT2D eigenvalue weighted by atomic mass is 32.2. The number of esters is 1. The SMILES string of the molecule is CSC1=NC(c2ccc(C(F)(F)F)cc2)C(C(=O)OCCCc2ccccc2)C(COCCN2CCCCC2)=N1. The number of likely N-dealkylation sites (tertiary alicyclic amines) is 1. The normalized spacial score (nSPS) is 20.1. The predicted octanol–water partition coefficient (Wildman–Crippen LogP) is 6.21. The van der Waals surface area contributed by atoms with Crippen LogP contribution in [0.15, 0.2) is 64.6 Å². The van der Waals surface area contributed by atoms with Crippen molar-refractivity contribution in [1.82, 2.24) is 4.90 Å². The smallest absolute Gasteiger partial charge is 0.416 e. The molecule has 1 fully saturated rings. The number of thioether (sulfide) groups is 1. The van der Waals surface area contributed by atoms with Gasteiger partial charge in [0.25, 0.3) is 0 Å². The fraction of sp³-hybridized carbons (Fsp3) is 0.500. The summed E-state index contributed by atoms with van der Waals surface area (Å²) in [5.41, 5.74) is 1.37. The molecule has 0 amide bonds. The number of aliphatic imine (C=N–C) groups is 2. The molecule has 2 aromatic rings. The molecule has 40 heavy (non-hydrogen) atoms. The van der Waals surface area contributed by atoms with Crippen LogP contribution in [0.5, 0.6) is 0 Å². The summed E-state index contributed by atoms with van der Waals surface area (Å²) in [5, 5.41) is 0.452. The van der Waals surface area contributed by atoms with Gasteiger partial charge in [-0.05, 0) is 68.3 Å². The summed E-state index contributed by atoms with van der Waals surface area (Å²) in [4.78, 5) is 25.1. The molecule has 2 aliphatic heterocycles. The number of piperidine rings is 1. The molecule has 0 N–H and O–H groups in total. The maximum atomic E-state index is 13.5. The van der Waals surface area contributed by atoms with Gasteiger partial charge in [-0.2, -0.15) is 13.2 Å². The molecule has 0 saturated carbocycles. The molecular formula is C30H36F3N3O3S. The molecule has 0 radical (unpaired) electrons. The van der Waals surface area contributed by atoms with Gasteiger partial charge in [0.2, 0.25) is 0 Å². The van der Waals surface area contributed by atoms with E-state index < -0.39 is 29.7 Å². The summed E-state index contributed by atoms with van der Waals surface area (Å²) in [7, 11) is 0. The second kappa shape index (κ2) is 14.8. The van der Waals surface area contributed by atoms with Crippen LogP contribution in [0, 0.1) is 5.92 Å². The van der Waals surface area contributed by atoms with E-state index >= 15 is 0 Å². The number of benzene rings is 2. The molecule has 2 atom stereocenters. The topological polar surface area (TPSA) is 63.5 Å². The Morgan fingerprint density at radius 2 is 1.75 bits per heavy atom. The second-order valence-electron chi connectivity index (χ2n) is 9.97. The Morgan fingerprint density at radius 1 is 1.02 bits per heavy atom. The largest absolute Gasteiger partial charge is 0.465 e. The zero-order chi connectivity index (χ0) is 28.4. The summed E-state index contributed by atoms with van der Waals surface area (Å²) < 4.78 is 51.3. The Kier molecular flexibility index (Phi) is 11.2. The Labute approximate surface area is 238 Å². The van der Waals surface area contributed by atoms with Gasteiger partial charge in [-0.15, -0.1) is 0 Å². The average molecular weight is 576 g/mol. The highest BCUT2D eigenvalue weighted by molar-refractivity contribution is 8.13. The highest BCUT2D eigenvalue weighted by Gasteiger charge is 2.39. The first-order valence-electron chi connectivity index (χ1n) is 13.7. The molecule has 1 saturated heterocycles. The third kappa shape index (κ3) is 8.65. The van der Waals surface area contributed by atoms with Gasteiger partial charge < -0.3 is 14.4 Å². The molecule has 2 unspecified atom stereocenters. The van der Waals surface area contributed by atoms with Crippen LogP contribution in [0.2, 0.25) is 0 Å². The minimum absolute atomic E-state index is 0.119. The maximum Gasteiger partial charge on any atom is 0.416 e. The zero-order valence-electron chi connectivity index (χ0n) is 22.7. The number of halogens is 3. The van der Waals surface area contributed by atoms with E-state index in [-0.39, 0.29) is 13.2 Å². The van der Waals surface area contributed by atoms with Crippen LogP contribution in [0.1, 0.15) is 48.4 Å². The third-order valence-electron chi connectivity index (χ3n) is 7.13. The van der Waals surface area contributed by atoms with Crippen molar-refractivity contribution in [3.8, 4) is 0 Å². The zero-order valence-corrected chi connectivity index (χ0v) is 23.6. The number of hydrogen-bond donors (Lipinski definition) is 0. The number of hydrogen-bond acceptors (Lipinski definition) is 7. The summed E-state index contributed by atoms with van der Waals surface area (Å²) in [6.07, 6.45) is 2.40. The minimum atomic E-state index is -4.45. The average Bonchev–Trinajstić information content (AvgIpc) is 2.97. The van der Waals surface area contributed by atoms with Crippen molar-refractivity contribution in [2.75, 3.05) is 45.7 Å². The monoisotopic (exact) mass is 575 g/mol. The second-order valence-corrected chi connectivity index (χ2v) is 10.7. The van der Waals surface area contributed by atoms with Crippen LogP contribution in [0.25, 0.3) is 0 Å².